The Labute approximate surface area is 127 Å². The predicted molar refractivity (Wildman–Crippen MR) is 84.6 cm³/mol. The molecular weight excluding hydrogens is 262 g/mol. The van der Waals surface area contributed by atoms with E-state index < -0.39 is 0 Å². The molecule has 0 bridgehead atoms. The lowest BCUT2D eigenvalue weighted by Gasteiger charge is -2.24. The summed E-state index contributed by atoms with van der Waals surface area (Å²) >= 11 is 0. The van der Waals surface area contributed by atoms with Gasteiger partial charge < -0.3 is 15.2 Å². The number of rotatable bonds is 4. The molecule has 1 spiro atoms. The van der Waals surface area contributed by atoms with Crippen molar-refractivity contribution in [1.82, 2.24) is 0 Å². The highest BCUT2D eigenvalue weighted by Crippen LogP contribution is 2.43. The normalized spacial score (nSPS) is 25.4. The molecule has 0 aromatic heterocycles. The molecule has 0 amide bonds. The van der Waals surface area contributed by atoms with Crippen molar-refractivity contribution in [2.24, 2.45) is 5.73 Å². The van der Waals surface area contributed by atoms with E-state index >= 15 is 0 Å². The summed E-state index contributed by atoms with van der Waals surface area (Å²) in [6, 6.07) is 6.22. The zero-order valence-corrected chi connectivity index (χ0v) is 13.2. The molecule has 0 radical (unpaired) electrons. The highest BCUT2D eigenvalue weighted by atomic mass is 16.6. The van der Waals surface area contributed by atoms with Gasteiger partial charge in [0.15, 0.2) is 0 Å². The molecule has 116 valence electrons. The molecule has 1 heterocycles. The largest absolute Gasteiger partial charge is 0.491 e. The summed E-state index contributed by atoms with van der Waals surface area (Å²) in [6.45, 7) is 4.73. The van der Waals surface area contributed by atoms with E-state index in [1.165, 1.54) is 37.7 Å². The number of hydrogen-bond acceptors (Lipinski definition) is 3. The van der Waals surface area contributed by atoms with Crippen LogP contribution >= 0.6 is 0 Å². The summed E-state index contributed by atoms with van der Waals surface area (Å²) in [5.41, 5.74) is 8.54. The Morgan fingerprint density at radius 3 is 2.81 bits per heavy atom. The molecular formula is C18H27NO2. The van der Waals surface area contributed by atoms with Crippen LogP contribution in [0.2, 0.25) is 0 Å². The summed E-state index contributed by atoms with van der Waals surface area (Å²) in [6.07, 6.45) is 7.68. The van der Waals surface area contributed by atoms with Gasteiger partial charge in [-0.25, -0.2) is 0 Å². The third-order valence-corrected chi connectivity index (χ3v) is 4.93. The number of benzene rings is 1. The molecule has 21 heavy (non-hydrogen) atoms. The van der Waals surface area contributed by atoms with Gasteiger partial charge in [-0.1, -0.05) is 30.5 Å². The van der Waals surface area contributed by atoms with Gasteiger partial charge in [-0.2, -0.15) is 0 Å². The Balaban J connectivity index is 1.61. The fraction of sp³-hybridized carbons (Fsp3) is 0.667. The average molecular weight is 289 g/mol. The lowest BCUT2D eigenvalue weighted by molar-refractivity contribution is -0.0509. The minimum Gasteiger partial charge on any atom is -0.491 e. The Bertz CT molecular complexity index is 492. The van der Waals surface area contributed by atoms with Crippen molar-refractivity contribution in [3.63, 3.8) is 0 Å². The standard InChI is InChI=1S/C18H27NO2/c1-13-5-6-17(16(11-13)14(2)19)20-12-15-7-10-18(21-15)8-3-4-9-18/h5-6,11,14-15H,3-4,7-10,12,19H2,1-2H3. The van der Waals surface area contributed by atoms with E-state index in [9.17, 15) is 0 Å². The summed E-state index contributed by atoms with van der Waals surface area (Å²) in [5.74, 6) is 0.909. The van der Waals surface area contributed by atoms with E-state index in [-0.39, 0.29) is 17.7 Å². The van der Waals surface area contributed by atoms with Crippen LogP contribution in [0.1, 0.15) is 62.6 Å². The average Bonchev–Trinajstić information content (AvgIpc) is 3.08. The van der Waals surface area contributed by atoms with E-state index in [0.717, 1.165) is 17.7 Å². The highest BCUT2D eigenvalue weighted by molar-refractivity contribution is 5.38. The first-order valence-corrected chi connectivity index (χ1v) is 8.25. The maximum Gasteiger partial charge on any atom is 0.124 e. The van der Waals surface area contributed by atoms with Crippen LogP contribution in [0.3, 0.4) is 0 Å². The molecule has 1 aliphatic carbocycles. The van der Waals surface area contributed by atoms with Gasteiger partial charge in [0.1, 0.15) is 12.4 Å². The second-order valence-electron chi connectivity index (χ2n) is 6.81. The third-order valence-electron chi connectivity index (χ3n) is 4.93. The van der Waals surface area contributed by atoms with Crippen LogP contribution in [0, 0.1) is 6.92 Å². The Morgan fingerprint density at radius 1 is 1.33 bits per heavy atom. The minimum absolute atomic E-state index is 0.00873. The molecule has 3 rings (SSSR count). The summed E-state index contributed by atoms with van der Waals surface area (Å²) in [4.78, 5) is 0. The van der Waals surface area contributed by atoms with Gasteiger partial charge >= 0.3 is 0 Å². The van der Waals surface area contributed by atoms with E-state index in [1.807, 2.05) is 13.0 Å². The van der Waals surface area contributed by atoms with Crippen LogP contribution in [0.25, 0.3) is 0 Å². The van der Waals surface area contributed by atoms with Gasteiger partial charge in [0.05, 0.1) is 11.7 Å². The Hall–Kier alpha value is -1.06. The van der Waals surface area contributed by atoms with Gasteiger partial charge in [-0.3, -0.25) is 0 Å². The van der Waals surface area contributed by atoms with Crippen molar-refractivity contribution in [3.05, 3.63) is 29.3 Å². The van der Waals surface area contributed by atoms with Crippen molar-refractivity contribution in [2.45, 2.75) is 70.1 Å². The van der Waals surface area contributed by atoms with E-state index in [0.29, 0.717) is 6.61 Å². The number of nitrogens with two attached hydrogens (primary N) is 1. The molecule has 2 fully saturated rings. The fourth-order valence-electron chi connectivity index (χ4n) is 3.74. The summed E-state index contributed by atoms with van der Waals surface area (Å²) in [5, 5.41) is 0. The molecule has 2 unspecified atom stereocenters. The van der Waals surface area contributed by atoms with Crippen molar-refractivity contribution >= 4 is 0 Å². The molecule has 1 saturated heterocycles. The lowest BCUT2D eigenvalue weighted by atomic mass is 9.98. The first-order chi connectivity index (χ1) is 10.1. The lowest BCUT2D eigenvalue weighted by Crippen LogP contribution is -2.27. The minimum atomic E-state index is -0.00873. The van der Waals surface area contributed by atoms with Crippen LogP contribution in [0.5, 0.6) is 5.75 Å². The zero-order valence-electron chi connectivity index (χ0n) is 13.2. The zero-order chi connectivity index (χ0) is 14.9. The van der Waals surface area contributed by atoms with Crippen LogP contribution in [0.4, 0.5) is 0 Å². The SMILES string of the molecule is Cc1ccc(OCC2CCC3(CCCC3)O2)c(C(C)N)c1. The number of ether oxygens (including phenoxy) is 2. The topological polar surface area (TPSA) is 44.5 Å². The first-order valence-electron chi connectivity index (χ1n) is 8.25. The van der Waals surface area contributed by atoms with Gasteiger partial charge in [0.25, 0.3) is 0 Å². The van der Waals surface area contributed by atoms with Crippen LogP contribution in [0.15, 0.2) is 18.2 Å². The quantitative estimate of drug-likeness (QED) is 0.914. The predicted octanol–water partition coefficient (Wildman–Crippen LogP) is 3.89. The molecule has 2 atom stereocenters. The molecule has 2 aliphatic rings. The number of aryl methyl sites for hydroxylation is 1. The fourth-order valence-corrected chi connectivity index (χ4v) is 3.74. The molecule has 3 nitrogen and oxygen atoms in total. The van der Waals surface area contributed by atoms with Crippen LogP contribution < -0.4 is 10.5 Å². The Morgan fingerprint density at radius 2 is 2.10 bits per heavy atom. The second-order valence-corrected chi connectivity index (χ2v) is 6.81. The van der Waals surface area contributed by atoms with Gasteiger partial charge in [-0.15, -0.1) is 0 Å². The van der Waals surface area contributed by atoms with Crippen LogP contribution in [-0.4, -0.2) is 18.3 Å². The smallest absolute Gasteiger partial charge is 0.124 e. The van der Waals surface area contributed by atoms with Crippen molar-refractivity contribution in [3.8, 4) is 5.75 Å². The van der Waals surface area contributed by atoms with Crippen molar-refractivity contribution < 1.29 is 9.47 Å². The molecule has 1 aliphatic heterocycles. The monoisotopic (exact) mass is 289 g/mol. The van der Waals surface area contributed by atoms with Gasteiger partial charge in [-0.05, 0) is 45.6 Å². The molecule has 2 N–H and O–H groups in total. The van der Waals surface area contributed by atoms with E-state index in [4.69, 9.17) is 15.2 Å². The van der Waals surface area contributed by atoms with Crippen LogP contribution in [-0.2, 0) is 4.74 Å². The van der Waals surface area contributed by atoms with Crippen molar-refractivity contribution in [2.75, 3.05) is 6.61 Å². The van der Waals surface area contributed by atoms with Gasteiger partial charge in [0, 0.05) is 11.6 Å². The Kier molecular flexibility index (Phi) is 4.23. The highest BCUT2D eigenvalue weighted by Gasteiger charge is 2.42. The maximum absolute atomic E-state index is 6.30. The molecule has 1 saturated carbocycles. The summed E-state index contributed by atoms with van der Waals surface area (Å²) in [7, 11) is 0. The number of hydrogen-bond donors (Lipinski definition) is 1. The summed E-state index contributed by atoms with van der Waals surface area (Å²) < 4.78 is 12.3. The van der Waals surface area contributed by atoms with E-state index in [2.05, 4.69) is 19.1 Å². The molecule has 1 aromatic carbocycles. The first kappa shape index (κ1) is 14.9. The van der Waals surface area contributed by atoms with Crippen molar-refractivity contribution in [1.29, 1.82) is 0 Å². The maximum atomic E-state index is 6.30. The molecule has 3 heteroatoms. The second kappa shape index (κ2) is 5.98. The van der Waals surface area contributed by atoms with Gasteiger partial charge in [0.2, 0.25) is 0 Å². The third kappa shape index (κ3) is 3.24. The molecule has 1 aromatic rings. The van der Waals surface area contributed by atoms with E-state index in [1.54, 1.807) is 0 Å².